The molecular formula is C20H17ClFNO5S. The number of rotatable bonds is 8. The van der Waals surface area contributed by atoms with Gasteiger partial charge in [-0.3, -0.25) is 4.79 Å². The van der Waals surface area contributed by atoms with E-state index in [9.17, 15) is 17.6 Å². The number of amides is 1. The average Bonchev–Trinajstić information content (AvgIpc) is 3.22. The molecule has 3 aromatic rings. The largest absolute Gasteiger partial charge is 0.484 e. The highest BCUT2D eigenvalue weighted by atomic mass is 35.5. The predicted octanol–water partition coefficient (Wildman–Crippen LogP) is 3.78. The van der Waals surface area contributed by atoms with Gasteiger partial charge in [0.2, 0.25) is 0 Å². The van der Waals surface area contributed by atoms with Gasteiger partial charge in [0.05, 0.1) is 11.2 Å². The summed E-state index contributed by atoms with van der Waals surface area (Å²) in [7, 11) is -3.94. The van der Waals surface area contributed by atoms with Crippen LogP contribution in [0.1, 0.15) is 11.0 Å². The zero-order valence-electron chi connectivity index (χ0n) is 15.0. The standard InChI is InChI=1S/C20H17ClFNO5S/c21-14-3-7-16(8-4-14)28-13-20(24)23-12-19(18-2-1-11-27-18)29(25,26)17-9-5-15(22)6-10-17/h1-11,19H,12-13H2,(H,23,24)/t19-/m1/s1. The second-order valence-electron chi connectivity index (χ2n) is 6.05. The van der Waals surface area contributed by atoms with Gasteiger partial charge in [-0.25, -0.2) is 12.8 Å². The lowest BCUT2D eigenvalue weighted by atomic mass is 10.3. The maximum absolute atomic E-state index is 13.2. The van der Waals surface area contributed by atoms with Gasteiger partial charge in [0, 0.05) is 11.6 Å². The molecule has 0 saturated heterocycles. The van der Waals surface area contributed by atoms with E-state index in [0.717, 1.165) is 12.1 Å². The Kier molecular flexibility index (Phi) is 6.56. The van der Waals surface area contributed by atoms with E-state index in [1.54, 1.807) is 30.3 Å². The van der Waals surface area contributed by atoms with Crippen molar-refractivity contribution in [1.29, 1.82) is 0 Å². The fraction of sp³-hybridized carbons (Fsp3) is 0.150. The molecule has 1 N–H and O–H groups in total. The van der Waals surface area contributed by atoms with Gasteiger partial charge >= 0.3 is 0 Å². The topological polar surface area (TPSA) is 85.6 Å². The molecule has 2 aromatic carbocycles. The van der Waals surface area contributed by atoms with E-state index < -0.39 is 26.8 Å². The van der Waals surface area contributed by atoms with Crippen molar-refractivity contribution in [2.24, 2.45) is 0 Å². The van der Waals surface area contributed by atoms with Crippen molar-refractivity contribution in [2.45, 2.75) is 10.1 Å². The summed E-state index contributed by atoms with van der Waals surface area (Å²) in [5, 5.41) is 1.89. The van der Waals surface area contributed by atoms with Crippen molar-refractivity contribution in [3.05, 3.63) is 83.5 Å². The number of carbonyl (C=O) groups is 1. The number of hydrogen-bond donors (Lipinski definition) is 1. The number of carbonyl (C=O) groups excluding carboxylic acids is 1. The molecule has 0 radical (unpaired) electrons. The van der Waals surface area contributed by atoms with Crippen LogP contribution in [0, 0.1) is 5.82 Å². The summed E-state index contributed by atoms with van der Waals surface area (Å²) >= 11 is 5.79. The zero-order chi connectivity index (χ0) is 20.9. The first-order valence-electron chi connectivity index (χ1n) is 8.54. The lowest BCUT2D eigenvalue weighted by molar-refractivity contribution is -0.123. The van der Waals surface area contributed by atoms with Crippen LogP contribution in [0.4, 0.5) is 4.39 Å². The molecule has 1 atom stereocenters. The van der Waals surface area contributed by atoms with Crippen LogP contribution in [-0.4, -0.2) is 27.5 Å². The molecule has 6 nitrogen and oxygen atoms in total. The Morgan fingerprint density at radius 3 is 2.41 bits per heavy atom. The highest BCUT2D eigenvalue weighted by Crippen LogP contribution is 2.29. The van der Waals surface area contributed by atoms with Crippen LogP contribution in [0.5, 0.6) is 5.75 Å². The Morgan fingerprint density at radius 1 is 1.10 bits per heavy atom. The molecule has 1 aromatic heterocycles. The number of halogens is 2. The van der Waals surface area contributed by atoms with Crippen LogP contribution in [0.3, 0.4) is 0 Å². The first-order valence-corrected chi connectivity index (χ1v) is 10.5. The van der Waals surface area contributed by atoms with E-state index in [2.05, 4.69) is 5.32 Å². The molecule has 9 heteroatoms. The molecular weight excluding hydrogens is 421 g/mol. The van der Waals surface area contributed by atoms with E-state index in [-0.39, 0.29) is 23.8 Å². The van der Waals surface area contributed by atoms with Crippen molar-refractivity contribution >= 4 is 27.3 Å². The summed E-state index contributed by atoms with van der Waals surface area (Å²) in [6.07, 6.45) is 1.34. The first kappa shape index (κ1) is 20.9. The number of hydrogen-bond acceptors (Lipinski definition) is 5. The summed E-state index contributed by atoms with van der Waals surface area (Å²) in [6.45, 7) is -0.543. The summed E-state index contributed by atoms with van der Waals surface area (Å²) < 4.78 is 49.7. The smallest absolute Gasteiger partial charge is 0.257 e. The SMILES string of the molecule is O=C(COc1ccc(Cl)cc1)NC[C@H](c1ccco1)S(=O)(=O)c1ccc(F)cc1. The van der Waals surface area contributed by atoms with E-state index in [0.29, 0.717) is 10.8 Å². The van der Waals surface area contributed by atoms with Crippen molar-refractivity contribution in [3.63, 3.8) is 0 Å². The van der Waals surface area contributed by atoms with Crippen LogP contribution in [-0.2, 0) is 14.6 Å². The molecule has 29 heavy (non-hydrogen) atoms. The first-order chi connectivity index (χ1) is 13.9. The Balaban J connectivity index is 1.69. The molecule has 0 saturated carbocycles. The van der Waals surface area contributed by atoms with Crippen molar-refractivity contribution in [2.75, 3.05) is 13.2 Å². The fourth-order valence-corrected chi connectivity index (χ4v) is 4.28. The third kappa shape index (κ3) is 5.36. The summed E-state index contributed by atoms with van der Waals surface area (Å²) in [5.41, 5.74) is 0. The van der Waals surface area contributed by atoms with Gasteiger partial charge in [0.25, 0.3) is 5.91 Å². The van der Waals surface area contributed by atoms with Gasteiger partial charge in [-0.15, -0.1) is 0 Å². The second-order valence-corrected chi connectivity index (χ2v) is 8.62. The van der Waals surface area contributed by atoms with Crippen molar-refractivity contribution in [1.82, 2.24) is 5.32 Å². The van der Waals surface area contributed by atoms with Crippen LogP contribution < -0.4 is 10.1 Å². The fourth-order valence-electron chi connectivity index (χ4n) is 2.56. The highest BCUT2D eigenvalue weighted by molar-refractivity contribution is 7.91. The zero-order valence-corrected chi connectivity index (χ0v) is 16.6. The van der Waals surface area contributed by atoms with Gasteiger partial charge in [-0.05, 0) is 60.7 Å². The minimum absolute atomic E-state index is 0.0769. The molecule has 1 heterocycles. The van der Waals surface area contributed by atoms with Gasteiger partial charge in [-0.2, -0.15) is 0 Å². The number of ether oxygens (including phenoxy) is 1. The molecule has 0 fully saturated rings. The predicted molar refractivity (Wildman–Crippen MR) is 105 cm³/mol. The second kappa shape index (κ2) is 9.11. The maximum Gasteiger partial charge on any atom is 0.257 e. The van der Waals surface area contributed by atoms with Crippen LogP contribution in [0.15, 0.2) is 76.2 Å². The van der Waals surface area contributed by atoms with Crippen molar-refractivity contribution in [3.8, 4) is 5.75 Å². The van der Waals surface area contributed by atoms with Gasteiger partial charge in [-0.1, -0.05) is 11.6 Å². The molecule has 0 spiro atoms. The van der Waals surface area contributed by atoms with Crippen LogP contribution in [0.2, 0.25) is 5.02 Å². The number of sulfone groups is 1. The van der Waals surface area contributed by atoms with Crippen molar-refractivity contribution < 1.29 is 26.8 Å². The minimum atomic E-state index is -3.94. The summed E-state index contributed by atoms with van der Waals surface area (Å²) in [6, 6.07) is 14.0. The van der Waals surface area contributed by atoms with E-state index >= 15 is 0 Å². The summed E-state index contributed by atoms with van der Waals surface area (Å²) in [5.74, 6) is -0.448. The van der Waals surface area contributed by atoms with Gasteiger partial charge < -0.3 is 14.5 Å². The quantitative estimate of drug-likeness (QED) is 0.542. The third-order valence-electron chi connectivity index (χ3n) is 4.05. The van der Waals surface area contributed by atoms with E-state index in [4.69, 9.17) is 20.8 Å². The monoisotopic (exact) mass is 437 g/mol. The average molecular weight is 438 g/mol. The normalized spacial score (nSPS) is 12.3. The third-order valence-corrected chi connectivity index (χ3v) is 6.37. The van der Waals surface area contributed by atoms with E-state index in [1.807, 2.05) is 0 Å². The van der Waals surface area contributed by atoms with Gasteiger partial charge in [0.15, 0.2) is 16.4 Å². The molecule has 1 amide bonds. The Bertz CT molecular complexity index is 1050. The Hall–Kier alpha value is -2.84. The molecule has 3 rings (SSSR count). The molecule has 0 unspecified atom stereocenters. The number of furan rings is 1. The molecule has 152 valence electrons. The molecule has 0 aliphatic rings. The number of benzene rings is 2. The molecule has 0 bridgehead atoms. The molecule has 0 aliphatic carbocycles. The minimum Gasteiger partial charge on any atom is -0.484 e. The maximum atomic E-state index is 13.2. The Morgan fingerprint density at radius 2 is 1.79 bits per heavy atom. The van der Waals surface area contributed by atoms with Crippen LogP contribution in [0.25, 0.3) is 0 Å². The lowest BCUT2D eigenvalue weighted by Crippen LogP contribution is -2.34. The van der Waals surface area contributed by atoms with Gasteiger partial charge in [0.1, 0.15) is 22.6 Å². The Labute approximate surface area is 172 Å². The number of nitrogens with one attached hydrogen (secondary N) is 1. The van der Waals surface area contributed by atoms with E-state index in [1.165, 1.54) is 24.5 Å². The molecule has 0 aliphatic heterocycles. The highest BCUT2D eigenvalue weighted by Gasteiger charge is 2.31. The van der Waals surface area contributed by atoms with Crippen LogP contribution >= 0.6 is 11.6 Å². The lowest BCUT2D eigenvalue weighted by Gasteiger charge is -2.17. The summed E-state index contributed by atoms with van der Waals surface area (Å²) in [4.78, 5) is 12.1.